The van der Waals surface area contributed by atoms with Gasteiger partial charge in [0.2, 0.25) is 0 Å². The first-order chi connectivity index (χ1) is 11.4. The Bertz CT molecular complexity index is 693. The van der Waals surface area contributed by atoms with Crippen LogP contribution in [0.4, 0.5) is 4.39 Å². The highest BCUT2D eigenvalue weighted by Crippen LogP contribution is 2.21. The van der Waals surface area contributed by atoms with Crippen molar-refractivity contribution >= 4 is 5.96 Å². The summed E-state index contributed by atoms with van der Waals surface area (Å²) in [5.74, 6) is 1.63. The number of rotatable bonds is 4. The van der Waals surface area contributed by atoms with Gasteiger partial charge in [-0.1, -0.05) is 0 Å². The summed E-state index contributed by atoms with van der Waals surface area (Å²) in [7, 11) is 1.72. The molecule has 0 spiro atoms. The molecule has 5 nitrogen and oxygen atoms in total. The van der Waals surface area contributed by atoms with Gasteiger partial charge in [0.1, 0.15) is 17.3 Å². The average Bonchev–Trinajstić information content (AvgIpc) is 2.53. The van der Waals surface area contributed by atoms with Gasteiger partial charge in [0, 0.05) is 24.8 Å². The fourth-order valence-electron chi connectivity index (χ4n) is 1.96. The predicted octanol–water partition coefficient (Wildman–Crippen LogP) is 3.48. The number of aliphatic imine (C=N–C) groups is 1. The van der Waals surface area contributed by atoms with Crippen LogP contribution in [0, 0.1) is 5.82 Å². The Kier molecular flexibility index (Phi) is 5.73. The molecule has 1 aromatic carbocycles. The highest BCUT2D eigenvalue weighted by Gasteiger charge is 2.11. The van der Waals surface area contributed by atoms with Crippen LogP contribution in [-0.4, -0.2) is 23.5 Å². The third-order valence-electron chi connectivity index (χ3n) is 2.99. The molecule has 1 aromatic heterocycles. The number of guanidine groups is 1. The van der Waals surface area contributed by atoms with Gasteiger partial charge in [-0.15, -0.1) is 0 Å². The fourth-order valence-corrected chi connectivity index (χ4v) is 1.96. The molecular formula is C18H23FN4O. The molecule has 0 atom stereocenters. The molecule has 0 saturated carbocycles. The summed E-state index contributed by atoms with van der Waals surface area (Å²) in [6, 6.07) is 9.49. The van der Waals surface area contributed by atoms with Gasteiger partial charge >= 0.3 is 0 Å². The third kappa shape index (κ3) is 5.87. The summed E-state index contributed by atoms with van der Waals surface area (Å²) in [6.45, 7) is 6.70. The van der Waals surface area contributed by atoms with Crippen molar-refractivity contribution in [2.45, 2.75) is 32.9 Å². The van der Waals surface area contributed by atoms with Crippen molar-refractivity contribution in [2.75, 3.05) is 7.05 Å². The Balaban J connectivity index is 1.98. The third-order valence-corrected chi connectivity index (χ3v) is 2.99. The zero-order valence-corrected chi connectivity index (χ0v) is 14.4. The Labute approximate surface area is 142 Å². The molecular weight excluding hydrogens is 307 g/mol. The van der Waals surface area contributed by atoms with E-state index in [-0.39, 0.29) is 11.4 Å². The lowest BCUT2D eigenvalue weighted by Gasteiger charge is -2.23. The maximum atomic E-state index is 12.9. The quantitative estimate of drug-likeness (QED) is 0.666. The van der Waals surface area contributed by atoms with Gasteiger partial charge in [0.05, 0.1) is 12.2 Å². The van der Waals surface area contributed by atoms with Gasteiger partial charge in [0.15, 0.2) is 5.96 Å². The zero-order chi connectivity index (χ0) is 17.6. The number of nitrogens with one attached hydrogen (secondary N) is 2. The molecule has 2 N–H and O–H groups in total. The monoisotopic (exact) mass is 330 g/mol. The van der Waals surface area contributed by atoms with Crippen LogP contribution in [0.3, 0.4) is 0 Å². The van der Waals surface area contributed by atoms with E-state index in [0.717, 1.165) is 5.69 Å². The highest BCUT2D eigenvalue weighted by molar-refractivity contribution is 5.80. The molecule has 0 aliphatic carbocycles. The number of benzene rings is 1. The van der Waals surface area contributed by atoms with Gasteiger partial charge in [-0.3, -0.25) is 9.98 Å². The first-order valence-corrected chi connectivity index (χ1v) is 7.73. The van der Waals surface area contributed by atoms with Crippen LogP contribution in [0.15, 0.2) is 47.6 Å². The van der Waals surface area contributed by atoms with Crippen LogP contribution in [0.5, 0.6) is 11.5 Å². The van der Waals surface area contributed by atoms with E-state index in [1.807, 2.05) is 6.07 Å². The van der Waals surface area contributed by atoms with Crippen LogP contribution in [0.1, 0.15) is 26.5 Å². The molecule has 128 valence electrons. The van der Waals surface area contributed by atoms with E-state index in [9.17, 15) is 4.39 Å². The van der Waals surface area contributed by atoms with Gasteiger partial charge in [-0.2, -0.15) is 0 Å². The summed E-state index contributed by atoms with van der Waals surface area (Å²) < 4.78 is 18.6. The molecule has 2 rings (SSSR count). The lowest BCUT2D eigenvalue weighted by Crippen LogP contribution is -2.47. The summed E-state index contributed by atoms with van der Waals surface area (Å²) >= 11 is 0. The minimum absolute atomic E-state index is 0.0805. The molecule has 2 aromatic rings. The lowest BCUT2D eigenvalue weighted by molar-refractivity contribution is 0.478. The van der Waals surface area contributed by atoms with Gasteiger partial charge in [-0.05, 0) is 51.1 Å². The Morgan fingerprint density at radius 2 is 1.88 bits per heavy atom. The number of aromatic nitrogens is 1. The second-order valence-corrected chi connectivity index (χ2v) is 6.34. The van der Waals surface area contributed by atoms with Crippen molar-refractivity contribution in [1.82, 2.24) is 15.6 Å². The van der Waals surface area contributed by atoms with Crippen molar-refractivity contribution in [3.63, 3.8) is 0 Å². The van der Waals surface area contributed by atoms with E-state index in [1.165, 1.54) is 12.1 Å². The second-order valence-electron chi connectivity index (χ2n) is 6.34. The molecule has 0 amide bonds. The topological polar surface area (TPSA) is 58.5 Å². The molecule has 0 radical (unpaired) electrons. The maximum Gasteiger partial charge on any atom is 0.191 e. The van der Waals surface area contributed by atoms with E-state index in [1.54, 1.807) is 31.4 Å². The van der Waals surface area contributed by atoms with Crippen molar-refractivity contribution in [2.24, 2.45) is 4.99 Å². The van der Waals surface area contributed by atoms with Crippen molar-refractivity contribution in [3.05, 3.63) is 54.1 Å². The first kappa shape index (κ1) is 17.7. The van der Waals surface area contributed by atoms with Crippen LogP contribution in [-0.2, 0) is 6.54 Å². The van der Waals surface area contributed by atoms with E-state index in [0.29, 0.717) is 24.0 Å². The van der Waals surface area contributed by atoms with Crippen LogP contribution >= 0.6 is 0 Å². The number of halogens is 1. The second kappa shape index (κ2) is 7.77. The Morgan fingerprint density at radius 3 is 2.50 bits per heavy atom. The molecule has 24 heavy (non-hydrogen) atoms. The number of nitrogens with zero attached hydrogens (tertiary/aromatic N) is 2. The van der Waals surface area contributed by atoms with Crippen LogP contribution in [0.2, 0.25) is 0 Å². The maximum absolute atomic E-state index is 12.9. The minimum Gasteiger partial charge on any atom is -0.457 e. The lowest BCUT2D eigenvalue weighted by atomic mass is 10.1. The van der Waals surface area contributed by atoms with E-state index >= 15 is 0 Å². The normalized spacial score (nSPS) is 12.0. The molecule has 0 saturated heterocycles. The first-order valence-electron chi connectivity index (χ1n) is 7.73. The summed E-state index contributed by atoms with van der Waals surface area (Å²) in [4.78, 5) is 8.50. The molecule has 0 aliphatic heterocycles. The zero-order valence-electron chi connectivity index (χ0n) is 14.4. The smallest absolute Gasteiger partial charge is 0.191 e. The van der Waals surface area contributed by atoms with Crippen molar-refractivity contribution in [1.29, 1.82) is 0 Å². The number of hydrogen-bond acceptors (Lipinski definition) is 3. The molecule has 0 fully saturated rings. The Hall–Kier alpha value is -2.63. The molecule has 0 bridgehead atoms. The highest BCUT2D eigenvalue weighted by atomic mass is 19.1. The minimum atomic E-state index is -0.292. The van der Waals surface area contributed by atoms with E-state index < -0.39 is 0 Å². The SMILES string of the molecule is CN=C(NCc1cc(Oc2ccc(F)cc2)ccn1)NC(C)(C)C. The molecule has 0 unspecified atom stereocenters. The predicted molar refractivity (Wildman–Crippen MR) is 93.8 cm³/mol. The number of pyridine rings is 1. The molecule has 6 heteroatoms. The summed E-state index contributed by atoms with van der Waals surface area (Å²) in [6.07, 6.45) is 1.68. The van der Waals surface area contributed by atoms with Crippen LogP contribution < -0.4 is 15.4 Å². The largest absolute Gasteiger partial charge is 0.457 e. The van der Waals surface area contributed by atoms with E-state index in [4.69, 9.17) is 4.74 Å². The number of hydrogen-bond donors (Lipinski definition) is 2. The van der Waals surface area contributed by atoms with Crippen molar-refractivity contribution in [3.8, 4) is 11.5 Å². The standard InChI is InChI=1S/C18H23FN4O/c1-18(2,3)23-17(20-4)22-12-14-11-16(9-10-21-14)24-15-7-5-13(19)6-8-15/h5-11H,12H2,1-4H3,(H2,20,22,23). The number of ether oxygens (including phenoxy) is 1. The van der Waals surface area contributed by atoms with Crippen LogP contribution in [0.25, 0.3) is 0 Å². The van der Waals surface area contributed by atoms with Gasteiger partial charge in [0.25, 0.3) is 0 Å². The molecule has 0 aliphatic rings. The summed E-state index contributed by atoms with van der Waals surface area (Å²) in [5.41, 5.74) is 0.731. The average molecular weight is 330 g/mol. The fraction of sp³-hybridized carbons (Fsp3) is 0.333. The van der Waals surface area contributed by atoms with Gasteiger partial charge in [-0.25, -0.2) is 4.39 Å². The van der Waals surface area contributed by atoms with E-state index in [2.05, 4.69) is 41.4 Å². The molecule has 1 heterocycles. The summed E-state index contributed by atoms with van der Waals surface area (Å²) in [5, 5.41) is 6.49. The van der Waals surface area contributed by atoms with Gasteiger partial charge < -0.3 is 15.4 Å². The Morgan fingerprint density at radius 1 is 1.17 bits per heavy atom. The van der Waals surface area contributed by atoms with Crippen molar-refractivity contribution < 1.29 is 9.13 Å².